The van der Waals surface area contributed by atoms with Gasteiger partial charge in [-0.1, -0.05) is 12.1 Å². The Kier molecular flexibility index (Phi) is 7.06. The number of carbonyl (C=O) groups is 1. The van der Waals surface area contributed by atoms with Crippen molar-refractivity contribution >= 4 is 33.4 Å². The van der Waals surface area contributed by atoms with E-state index in [9.17, 15) is 17.6 Å². The summed E-state index contributed by atoms with van der Waals surface area (Å²) < 4.78 is 40.8. The lowest BCUT2D eigenvalue weighted by Gasteiger charge is -2.30. The van der Waals surface area contributed by atoms with Gasteiger partial charge in [0.1, 0.15) is 10.7 Å². The minimum Gasteiger partial charge on any atom is -0.326 e. The molecule has 10 heteroatoms. The highest BCUT2D eigenvalue weighted by atomic mass is 32.2. The van der Waals surface area contributed by atoms with Crippen LogP contribution < -0.4 is 5.32 Å². The van der Waals surface area contributed by atoms with Crippen molar-refractivity contribution in [2.75, 3.05) is 18.4 Å². The van der Waals surface area contributed by atoms with Crippen molar-refractivity contribution in [3.63, 3.8) is 0 Å². The summed E-state index contributed by atoms with van der Waals surface area (Å²) in [6, 6.07) is 12.8. The molecule has 3 aromatic rings. The molecule has 172 valence electrons. The average Bonchev–Trinajstić information content (AvgIpc) is 2.82. The molecular weight excluding hydrogens is 463 g/mol. The summed E-state index contributed by atoms with van der Waals surface area (Å²) in [4.78, 5) is 21.8. The zero-order valence-electron chi connectivity index (χ0n) is 17.9. The zero-order valence-corrected chi connectivity index (χ0v) is 19.6. The quantitative estimate of drug-likeness (QED) is 0.527. The van der Waals surface area contributed by atoms with E-state index in [1.807, 2.05) is 25.1 Å². The van der Waals surface area contributed by atoms with Crippen LogP contribution in [0, 0.1) is 18.7 Å². The van der Waals surface area contributed by atoms with Gasteiger partial charge in [0.25, 0.3) is 0 Å². The number of amides is 1. The third kappa shape index (κ3) is 5.40. The molecule has 0 spiro atoms. The van der Waals surface area contributed by atoms with Gasteiger partial charge in [0.2, 0.25) is 15.9 Å². The molecule has 0 bridgehead atoms. The lowest BCUT2D eigenvalue weighted by molar-refractivity contribution is -0.120. The molecule has 1 saturated heterocycles. The highest BCUT2D eigenvalue weighted by molar-refractivity contribution is 7.99. The largest absolute Gasteiger partial charge is 0.326 e. The molecule has 2 heterocycles. The monoisotopic (exact) mass is 486 g/mol. The molecule has 4 rings (SSSR count). The number of halogens is 1. The maximum Gasteiger partial charge on any atom is 0.245 e. The Morgan fingerprint density at radius 1 is 1.09 bits per heavy atom. The molecule has 1 aliphatic rings. The van der Waals surface area contributed by atoms with Gasteiger partial charge in [-0.3, -0.25) is 4.79 Å². The van der Waals surface area contributed by atoms with E-state index in [0.29, 0.717) is 23.7 Å². The second-order valence-corrected chi connectivity index (χ2v) is 10.7. The molecular formula is C23H23FN4O3S2. The highest BCUT2D eigenvalue weighted by Gasteiger charge is 2.33. The Labute approximate surface area is 196 Å². The number of anilines is 1. The topological polar surface area (TPSA) is 92.3 Å². The third-order valence-corrected chi connectivity index (χ3v) is 8.30. The maximum atomic E-state index is 14.0. The summed E-state index contributed by atoms with van der Waals surface area (Å²) in [6.45, 7) is 2.25. The Hall–Kier alpha value is -2.82. The molecule has 1 amide bonds. The van der Waals surface area contributed by atoms with E-state index < -0.39 is 15.8 Å². The third-order valence-electron chi connectivity index (χ3n) is 5.49. The minimum atomic E-state index is -3.92. The molecule has 1 fully saturated rings. The van der Waals surface area contributed by atoms with E-state index in [1.165, 1.54) is 34.3 Å². The highest BCUT2D eigenvalue weighted by Crippen LogP contribution is 2.29. The number of sulfonamides is 1. The van der Waals surface area contributed by atoms with Gasteiger partial charge in [-0.2, -0.15) is 4.31 Å². The van der Waals surface area contributed by atoms with Gasteiger partial charge in [0, 0.05) is 42.0 Å². The number of aromatic nitrogens is 2. The summed E-state index contributed by atoms with van der Waals surface area (Å²) in [6.07, 6.45) is 4.11. The fraction of sp³-hybridized carbons (Fsp3) is 0.261. The number of hydrogen-bond donors (Lipinski definition) is 1. The summed E-state index contributed by atoms with van der Waals surface area (Å²) >= 11 is 1.44. The number of nitrogens with zero attached hydrogens (tertiary/aromatic N) is 3. The van der Waals surface area contributed by atoms with E-state index in [4.69, 9.17) is 0 Å². The molecule has 1 N–H and O–H groups in total. The van der Waals surface area contributed by atoms with Crippen LogP contribution in [0.15, 0.2) is 75.9 Å². The predicted molar refractivity (Wildman–Crippen MR) is 124 cm³/mol. The number of piperidine rings is 1. The first kappa shape index (κ1) is 23.3. The number of aryl methyl sites for hydroxylation is 1. The second kappa shape index (κ2) is 9.98. The van der Waals surface area contributed by atoms with E-state index >= 15 is 0 Å². The predicted octanol–water partition coefficient (Wildman–Crippen LogP) is 4.11. The fourth-order valence-electron chi connectivity index (χ4n) is 3.67. The molecule has 1 aliphatic heterocycles. The molecule has 2 aromatic carbocycles. The Bertz CT molecular complexity index is 1250. The van der Waals surface area contributed by atoms with E-state index in [1.54, 1.807) is 18.5 Å². The van der Waals surface area contributed by atoms with Crippen LogP contribution in [0.5, 0.6) is 0 Å². The number of nitrogens with one attached hydrogen (secondary N) is 1. The van der Waals surface area contributed by atoms with Crippen LogP contribution in [0.1, 0.15) is 18.4 Å². The molecule has 0 unspecified atom stereocenters. The average molecular weight is 487 g/mol. The zero-order chi connectivity index (χ0) is 23.4. The molecule has 33 heavy (non-hydrogen) atoms. The van der Waals surface area contributed by atoms with Crippen LogP contribution in [-0.2, 0) is 14.8 Å². The van der Waals surface area contributed by atoms with Crippen molar-refractivity contribution in [2.24, 2.45) is 5.92 Å². The number of hydrogen-bond acceptors (Lipinski definition) is 6. The number of carbonyl (C=O) groups excluding carboxylic acids is 1. The fourth-order valence-corrected chi connectivity index (χ4v) is 6.01. The summed E-state index contributed by atoms with van der Waals surface area (Å²) in [5, 5.41) is 3.60. The van der Waals surface area contributed by atoms with Crippen LogP contribution in [0.3, 0.4) is 0 Å². The van der Waals surface area contributed by atoms with Crippen molar-refractivity contribution in [1.29, 1.82) is 0 Å². The van der Waals surface area contributed by atoms with Gasteiger partial charge in [0.05, 0.1) is 0 Å². The van der Waals surface area contributed by atoms with Crippen LogP contribution in [0.4, 0.5) is 10.1 Å². The number of benzene rings is 2. The van der Waals surface area contributed by atoms with Crippen LogP contribution in [-0.4, -0.2) is 41.7 Å². The molecule has 7 nitrogen and oxygen atoms in total. The molecule has 1 aromatic heterocycles. The van der Waals surface area contributed by atoms with Crippen molar-refractivity contribution in [1.82, 2.24) is 14.3 Å². The molecule has 0 radical (unpaired) electrons. The summed E-state index contributed by atoms with van der Waals surface area (Å²) in [5.74, 6) is -1.23. The molecule has 0 saturated carbocycles. The SMILES string of the molecule is Cc1cc(Sc2ncccn2)ccc1NC(=O)C1CCN(S(=O)(=O)c2ccccc2F)CC1. The number of rotatable bonds is 6. The maximum absolute atomic E-state index is 14.0. The van der Waals surface area contributed by atoms with Gasteiger partial charge in [0.15, 0.2) is 5.16 Å². The van der Waals surface area contributed by atoms with Crippen LogP contribution in [0.2, 0.25) is 0 Å². The Morgan fingerprint density at radius 3 is 2.45 bits per heavy atom. The smallest absolute Gasteiger partial charge is 0.245 e. The van der Waals surface area contributed by atoms with Crippen molar-refractivity contribution in [3.8, 4) is 0 Å². The van der Waals surface area contributed by atoms with Crippen molar-refractivity contribution in [2.45, 2.75) is 34.7 Å². The van der Waals surface area contributed by atoms with E-state index in [-0.39, 0.29) is 29.8 Å². The summed E-state index contributed by atoms with van der Waals surface area (Å²) in [5.41, 5.74) is 1.61. The first-order valence-corrected chi connectivity index (χ1v) is 12.7. The summed E-state index contributed by atoms with van der Waals surface area (Å²) in [7, 11) is -3.92. The standard InChI is InChI=1S/C23H23FN4O3S2/c1-16-15-18(32-23-25-11-4-12-26-23)7-8-20(16)27-22(29)17-9-13-28(14-10-17)33(30,31)21-6-3-2-5-19(21)24/h2-8,11-12,15,17H,9-10,13-14H2,1H3,(H,27,29). The van der Waals surface area contributed by atoms with Crippen molar-refractivity contribution in [3.05, 3.63) is 72.3 Å². The van der Waals surface area contributed by atoms with E-state index in [0.717, 1.165) is 16.5 Å². The second-order valence-electron chi connectivity index (χ2n) is 7.71. The Balaban J connectivity index is 1.36. The van der Waals surface area contributed by atoms with Gasteiger partial charge in [-0.15, -0.1) is 0 Å². The van der Waals surface area contributed by atoms with Crippen molar-refractivity contribution < 1.29 is 17.6 Å². The van der Waals surface area contributed by atoms with Gasteiger partial charge < -0.3 is 5.32 Å². The normalized spacial score (nSPS) is 15.3. The molecule has 0 atom stereocenters. The van der Waals surface area contributed by atoms with E-state index in [2.05, 4.69) is 15.3 Å². The van der Waals surface area contributed by atoms with Crippen LogP contribution in [0.25, 0.3) is 0 Å². The lowest BCUT2D eigenvalue weighted by atomic mass is 9.97. The molecule has 0 aliphatic carbocycles. The van der Waals surface area contributed by atoms with Gasteiger partial charge >= 0.3 is 0 Å². The Morgan fingerprint density at radius 2 is 1.79 bits per heavy atom. The first-order valence-electron chi connectivity index (χ1n) is 10.5. The minimum absolute atomic E-state index is 0.146. The lowest BCUT2D eigenvalue weighted by Crippen LogP contribution is -2.41. The van der Waals surface area contributed by atoms with Crippen LogP contribution >= 0.6 is 11.8 Å². The van der Waals surface area contributed by atoms with Gasteiger partial charge in [-0.25, -0.2) is 22.8 Å². The first-order chi connectivity index (χ1) is 15.8. The van der Waals surface area contributed by atoms with Gasteiger partial charge in [-0.05, 0) is 73.5 Å².